The molecule has 1 aliphatic heterocycles. The monoisotopic (exact) mass is 183 g/mol. The van der Waals surface area contributed by atoms with E-state index in [0.717, 1.165) is 12.2 Å². The first-order valence-corrected chi connectivity index (χ1v) is 5.37. The molecule has 0 unspecified atom stereocenters. The van der Waals surface area contributed by atoms with Crippen LogP contribution in [-0.2, 0) is 6.42 Å². The van der Waals surface area contributed by atoms with Crippen LogP contribution in [0, 0.1) is 0 Å². The lowest BCUT2D eigenvalue weighted by Crippen LogP contribution is -2.24. The van der Waals surface area contributed by atoms with E-state index in [4.69, 9.17) is 5.73 Å². The van der Waals surface area contributed by atoms with Crippen LogP contribution in [0.25, 0.3) is 0 Å². The zero-order valence-corrected chi connectivity index (χ0v) is 7.76. The maximum atomic E-state index is 5.49. The number of nitrogens with two attached hydrogens (primary N) is 1. The van der Waals surface area contributed by atoms with Gasteiger partial charge in [-0.2, -0.15) is 11.8 Å². The van der Waals surface area contributed by atoms with Gasteiger partial charge < -0.3 is 10.3 Å². The van der Waals surface area contributed by atoms with Gasteiger partial charge in [-0.05, 0) is 6.54 Å². The maximum Gasteiger partial charge on any atom is 0.110 e. The summed E-state index contributed by atoms with van der Waals surface area (Å²) >= 11 is 1.99. The van der Waals surface area contributed by atoms with Crippen LogP contribution in [-0.4, -0.2) is 27.6 Å². The van der Waals surface area contributed by atoms with Crippen molar-refractivity contribution < 1.29 is 0 Å². The van der Waals surface area contributed by atoms with Gasteiger partial charge in [-0.1, -0.05) is 0 Å². The Balaban J connectivity index is 2.12. The lowest BCUT2D eigenvalue weighted by atomic mass is 10.3. The molecule has 0 amide bonds. The summed E-state index contributed by atoms with van der Waals surface area (Å²) in [4.78, 5) is 4.28. The van der Waals surface area contributed by atoms with Crippen molar-refractivity contribution in [2.75, 3.05) is 18.1 Å². The molecule has 0 aliphatic carbocycles. The number of hydrogen-bond donors (Lipinski definition) is 1. The van der Waals surface area contributed by atoms with Crippen molar-refractivity contribution in [1.82, 2.24) is 9.55 Å². The number of hydrogen-bond acceptors (Lipinski definition) is 3. The van der Waals surface area contributed by atoms with Crippen LogP contribution >= 0.6 is 11.8 Å². The highest BCUT2D eigenvalue weighted by Crippen LogP contribution is 2.29. The van der Waals surface area contributed by atoms with Gasteiger partial charge in [0.1, 0.15) is 5.82 Å². The molecule has 1 saturated heterocycles. The van der Waals surface area contributed by atoms with E-state index in [1.807, 2.05) is 18.0 Å². The predicted molar refractivity (Wildman–Crippen MR) is 51.3 cm³/mol. The maximum absolute atomic E-state index is 5.49. The second-order valence-corrected chi connectivity index (χ2v) is 4.06. The first-order valence-electron chi connectivity index (χ1n) is 4.21. The van der Waals surface area contributed by atoms with Crippen LogP contribution in [0.4, 0.5) is 0 Å². The molecule has 2 heterocycles. The first kappa shape index (κ1) is 8.13. The average Bonchev–Trinajstić information content (AvgIpc) is 2.35. The van der Waals surface area contributed by atoms with Crippen molar-refractivity contribution in [2.45, 2.75) is 12.5 Å². The third-order valence-corrected chi connectivity index (χ3v) is 3.37. The van der Waals surface area contributed by atoms with Gasteiger partial charge in [0, 0.05) is 30.3 Å². The minimum atomic E-state index is 0.680. The van der Waals surface area contributed by atoms with Gasteiger partial charge in [0.05, 0.1) is 6.04 Å². The van der Waals surface area contributed by atoms with Gasteiger partial charge in [0.2, 0.25) is 0 Å². The van der Waals surface area contributed by atoms with Crippen molar-refractivity contribution >= 4 is 11.8 Å². The molecule has 2 N–H and O–H groups in total. The highest BCUT2D eigenvalue weighted by molar-refractivity contribution is 8.00. The predicted octanol–water partition coefficient (Wildman–Crippen LogP) is 0.672. The normalized spacial score (nSPS) is 17.8. The molecule has 0 bridgehead atoms. The molecule has 0 radical (unpaired) electrons. The Bertz CT molecular complexity index is 255. The molecule has 1 fully saturated rings. The summed E-state index contributed by atoms with van der Waals surface area (Å²) in [6.07, 6.45) is 4.83. The number of thioether (sulfide) groups is 1. The van der Waals surface area contributed by atoms with Gasteiger partial charge in [0.25, 0.3) is 0 Å². The fourth-order valence-corrected chi connectivity index (χ4v) is 2.15. The molecule has 12 heavy (non-hydrogen) atoms. The molecular weight excluding hydrogens is 170 g/mol. The molecular formula is C8H13N3S. The number of aromatic nitrogens is 2. The fraction of sp³-hybridized carbons (Fsp3) is 0.625. The van der Waals surface area contributed by atoms with Gasteiger partial charge >= 0.3 is 0 Å². The van der Waals surface area contributed by atoms with Gasteiger partial charge in [-0.15, -0.1) is 0 Å². The van der Waals surface area contributed by atoms with Crippen LogP contribution < -0.4 is 5.73 Å². The van der Waals surface area contributed by atoms with E-state index < -0.39 is 0 Å². The van der Waals surface area contributed by atoms with E-state index in [0.29, 0.717) is 12.6 Å². The first-order chi connectivity index (χ1) is 5.92. The fourth-order valence-electron chi connectivity index (χ4n) is 1.38. The van der Waals surface area contributed by atoms with Crippen LogP contribution in [0.1, 0.15) is 11.9 Å². The second-order valence-electron chi connectivity index (χ2n) is 2.98. The molecule has 2 rings (SSSR count). The lowest BCUT2D eigenvalue weighted by molar-refractivity contribution is 0.561. The van der Waals surface area contributed by atoms with E-state index in [9.17, 15) is 0 Å². The van der Waals surface area contributed by atoms with E-state index in [2.05, 4.69) is 15.7 Å². The summed E-state index contributed by atoms with van der Waals surface area (Å²) in [5, 5.41) is 0. The minimum absolute atomic E-state index is 0.680. The summed E-state index contributed by atoms with van der Waals surface area (Å²) in [5.41, 5.74) is 5.49. The van der Waals surface area contributed by atoms with E-state index >= 15 is 0 Å². The third kappa shape index (κ3) is 1.36. The Morgan fingerprint density at radius 2 is 2.50 bits per heavy atom. The van der Waals surface area contributed by atoms with Gasteiger partial charge in [-0.25, -0.2) is 4.98 Å². The number of rotatable bonds is 3. The minimum Gasteiger partial charge on any atom is -0.330 e. The van der Waals surface area contributed by atoms with Crippen molar-refractivity contribution in [3.63, 3.8) is 0 Å². The van der Waals surface area contributed by atoms with Crippen LogP contribution in [0.3, 0.4) is 0 Å². The van der Waals surface area contributed by atoms with Crippen molar-refractivity contribution in [1.29, 1.82) is 0 Å². The molecule has 4 heteroatoms. The molecule has 1 aromatic rings. The van der Waals surface area contributed by atoms with Crippen LogP contribution in [0.2, 0.25) is 0 Å². The highest BCUT2D eigenvalue weighted by atomic mass is 32.2. The average molecular weight is 183 g/mol. The molecule has 1 aliphatic rings. The molecule has 66 valence electrons. The zero-order chi connectivity index (χ0) is 8.39. The van der Waals surface area contributed by atoms with E-state index in [1.165, 1.54) is 11.5 Å². The largest absolute Gasteiger partial charge is 0.330 e. The van der Waals surface area contributed by atoms with Crippen molar-refractivity contribution in [2.24, 2.45) is 5.73 Å². The Labute approximate surface area is 76.4 Å². The summed E-state index contributed by atoms with van der Waals surface area (Å²) in [6.45, 7) is 0.691. The SMILES string of the molecule is NCCc1nccn1C1CSC1. The lowest BCUT2D eigenvalue weighted by Gasteiger charge is -2.27. The van der Waals surface area contributed by atoms with E-state index in [1.54, 1.807) is 0 Å². The van der Waals surface area contributed by atoms with Crippen LogP contribution in [0.15, 0.2) is 12.4 Å². The molecule has 0 aromatic carbocycles. The summed E-state index contributed by atoms with van der Waals surface area (Å²) in [7, 11) is 0. The van der Waals surface area contributed by atoms with Crippen molar-refractivity contribution in [3.05, 3.63) is 18.2 Å². The number of imidazole rings is 1. The Hall–Kier alpha value is -0.480. The Kier molecular flexibility index (Phi) is 2.37. The molecule has 1 aromatic heterocycles. The topological polar surface area (TPSA) is 43.8 Å². The molecule has 0 saturated carbocycles. The van der Waals surface area contributed by atoms with Gasteiger partial charge in [0.15, 0.2) is 0 Å². The second kappa shape index (κ2) is 3.49. The standard InChI is InChI=1S/C8H13N3S/c9-2-1-8-10-3-4-11(8)7-5-12-6-7/h3-4,7H,1-2,5-6,9H2. The quantitative estimate of drug-likeness (QED) is 0.749. The summed E-state index contributed by atoms with van der Waals surface area (Å²) in [5.74, 6) is 3.60. The zero-order valence-electron chi connectivity index (χ0n) is 6.94. The van der Waals surface area contributed by atoms with Crippen LogP contribution in [0.5, 0.6) is 0 Å². The smallest absolute Gasteiger partial charge is 0.110 e. The summed E-state index contributed by atoms with van der Waals surface area (Å²) in [6, 6.07) is 0.680. The van der Waals surface area contributed by atoms with Gasteiger partial charge in [-0.3, -0.25) is 0 Å². The highest BCUT2D eigenvalue weighted by Gasteiger charge is 2.21. The molecule has 0 spiro atoms. The van der Waals surface area contributed by atoms with Crippen molar-refractivity contribution in [3.8, 4) is 0 Å². The Morgan fingerprint density at radius 1 is 1.67 bits per heavy atom. The molecule has 0 atom stereocenters. The van der Waals surface area contributed by atoms with E-state index in [-0.39, 0.29) is 0 Å². The third-order valence-electron chi connectivity index (χ3n) is 2.13. The Morgan fingerprint density at radius 3 is 3.08 bits per heavy atom. The molecule has 3 nitrogen and oxygen atoms in total. The number of nitrogens with zero attached hydrogens (tertiary/aromatic N) is 2. The summed E-state index contributed by atoms with van der Waals surface area (Å²) < 4.78 is 2.27.